The van der Waals surface area contributed by atoms with Crippen molar-refractivity contribution in [3.8, 4) is 0 Å². The third-order valence-corrected chi connectivity index (χ3v) is 5.76. The molecule has 1 aromatic carbocycles. The number of likely N-dealkylation sites (N-methyl/N-ethyl adjacent to an activating group) is 1. The highest BCUT2D eigenvalue weighted by Gasteiger charge is 2.57. The van der Waals surface area contributed by atoms with Gasteiger partial charge in [-0.2, -0.15) is 5.10 Å². The number of methoxy groups -OCH3 is 2. The Balaban J connectivity index is 1.69. The molecule has 3 unspecified atom stereocenters. The van der Waals surface area contributed by atoms with E-state index in [-0.39, 0.29) is 6.54 Å². The minimum absolute atomic E-state index is 0.155. The van der Waals surface area contributed by atoms with Gasteiger partial charge >= 0.3 is 18.0 Å². The van der Waals surface area contributed by atoms with Gasteiger partial charge in [0.2, 0.25) is 0 Å². The Bertz CT molecular complexity index is 969. The van der Waals surface area contributed by atoms with E-state index in [1.165, 1.54) is 24.1 Å². The van der Waals surface area contributed by atoms with Crippen LogP contribution in [0.15, 0.2) is 35.4 Å². The molecule has 170 valence electrons. The van der Waals surface area contributed by atoms with E-state index in [4.69, 9.17) is 4.74 Å². The van der Waals surface area contributed by atoms with Gasteiger partial charge in [0.25, 0.3) is 5.91 Å². The van der Waals surface area contributed by atoms with Crippen LogP contribution in [0.5, 0.6) is 0 Å². The summed E-state index contributed by atoms with van der Waals surface area (Å²) < 4.78 is 9.45. The van der Waals surface area contributed by atoms with E-state index in [0.717, 1.165) is 10.5 Å². The minimum atomic E-state index is -0.790. The number of nitrogens with one attached hydrogen (secondary N) is 1. The van der Waals surface area contributed by atoms with Crippen molar-refractivity contribution >= 4 is 29.6 Å². The normalized spacial score (nSPS) is 25.3. The van der Waals surface area contributed by atoms with Crippen LogP contribution in [0, 0.1) is 0 Å². The average molecular weight is 444 g/mol. The number of esters is 2. The maximum Gasteiger partial charge on any atom is 0.328 e. The van der Waals surface area contributed by atoms with Crippen molar-refractivity contribution < 1.29 is 28.7 Å². The zero-order valence-electron chi connectivity index (χ0n) is 17.9. The molecule has 3 aliphatic heterocycles. The lowest BCUT2D eigenvalue weighted by Gasteiger charge is -2.42. The lowest BCUT2D eigenvalue weighted by molar-refractivity contribution is -0.150. The van der Waals surface area contributed by atoms with Crippen molar-refractivity contribution in [2.75, 3.05) is 40.9 Å². The fourth-order valence-electron chi connectivity index (χ4n) is 4.13. The quantitative estimate of drug-likeness (QED) is 0.560. The van der Waals surface area contributed by atoms with Crippen molar-refractivity contribution in [3.05, 3.63) is 35.9 Å². The van der Waals surface area contributed by atoms with Gasteiger partial charge in [-0.15, -0.1) is 0 Å². The molecule has 2 fully saturated rings. The van der Waals surface area contributed by atoms with Gasteiger partial charge in [0, 0.05) is 13.6 Å². The van der Waals surface area contributed by atoms with Crippen molar-refractivity contribution in [3.63, 3.8) is 0 Å². The van der Waals surface area contributed by atoms with Crippen molar-refractivity contribution in [1.82, 2.24) is 25.0 Å². The molecule has 12 nitrogen and oxygen atoms in total. The van der Waals surface area contributed by atoms with Gasteiger partial charge in [0.1, 0.15) is 25.3 Å². The highest BCUT2D eigenvalue weighted by molar-refractivity contribution is 6.05. The maximum atomic E-state index is 13.3. The van der Waals surface area contributed by atoms with Crippen LogP contribution in [-0.2, 0) is 23.9 Å². The molecule has 0 radical (unpaired) electrons. The number of nitrogens with zero attached hydrogens (tertiary/aromatic N) is 5. The van der Waals surface area contributed by atoms with Gasteiger partial charge in [0.15, 0.2) is 6.29 Å². The van der Waals surface area contributed by atoms with E-state index in [2.05, 4.69) is 15.2 Å². The zero-order chi connectivity index (χ0) is 23.0. The first-order valence-corrected chi connectivity index (χ1v) is 9.99. The van der Waals surface area contributed by atoms with Crippen LogP contribution in [-0.4, -0.2) is 109 Å². The van der Waals surface area contributed by atoms with Gasteiger partial charge in [0.05, 0.1) is 19.9 Å². The summed E-state index contributed by atoms with van der Waals surface area (Å²) in [7, 11) is 4.03. The second-order valence-electron chi connectivity index (χ2n) is 7.58. The molecular weight excluding hydrogens is 420 g/mol. The van der Waals surface area contributed by atoms with E-state index in [0.29, 0.717) is 12.3 Å². The van der Waals surface area contributed by atoms with E-state index >= 15 is 0 Å². The number of benzene rings is 1. The van der Waals surface area contributed by atoms with Crippen molar-refractivity contribution in [1.29, 1.82) is 0 Å². The molecule has 32 heavy (non-hydrogen) atoms. The summed E-state index contributed by atoms with van der Waals surface area (Å²) in [6, 6.07) is 7.99. The van der Waals surface area contributed by atoms with Crippen molar-refractivity contribution in [2.24, 2.45) is 5.10 Å². The number of hydrogen-bond acceptors (Lipinski definition) is 10. The van der Waals surface area contributed by atoms with Crippen LogP contribution in [0.3, 0.4) is 0 Å². The molecule has 4 rings (SSSR count). The minimum Gasteiger partial charge on any atom is -0.468 e. The highest BCUT2D eigenvalue weighted by Crippen LogP contribution is 2.31. The second kappa shape index (κ2) is 8.55. The number of hydrazone groups is 1. The number of hydrogen-bond donors (Lipinski definition) is 1. The monoisotopic (exact) mass is 444 g/mol. The SMILES string of the molecule is COC(=O)CN1C(=O)C2C(NC3N(CC(=O)OC)N=C(c4ccccc4)CN23)N(C)C1=O. The molecule has 1 N–H and O–H groups in total. The van der Waals surface area contributed by atoms with E-state index in [9.17, 15) is 19.2 Å². The summed E-state index contributed by atoms with van der Waals surface area (Å²) in [5.74, 6) is -1.72. The van der Waals surface area contributed by atoms with Gasteiger partial charge < -0.3 is 14.4 Å². The Hall–Kier alpha value is -3.51. The number of imide groups is 1. The molecule has 3 atom stereocenters. The van der Waals surface area contributed by atoms with E-state index in [1.54, 1.807) is 7.05 Å². The number of carbonyl (C=O) groups excluding carboxylic acids is 4. The Kier molecular flexibility index (Phi) is 5.80. The summed E-state index contributed by atoms with van der Waals surface area (Å²) in [4.78, 5) is 54.0. The van der Waals surface area contributed by atoms with Crippen LogP contribution >= 0.6 is 0 Å². The Morgan fingerprint density at radius 2 is 1.75 bits per heavy atom. The van der Waals surface area contributed by atoms with Crippen LogP contribution < -0.4 is 5.32 Å². The topological polar surface area (TPSA) is 124 Å². The van der Waals surface area contributed by atoms with Crippen LogP contribution in [0.2, 0.25) is 0 Å². The highest BCUT2D eigenvalue weighted by atomic mass is 16.5. The lowest BCUT2D eigenvalue weighted by atomic mass is 10.1. The second-order valence-corrected chi connectivity index (χ2v) is 7.58. The number of urea groups is 1. The Morgan fingerprint density at radius 3 is 2.41 bits per heavy atom. The molecule has 1 aromatic rings. The third kappa shape index (κ3) is 3.67. The first-order chi connectivity index (χ1) is 15.3. The van der Waals surface area contributed by atoms with Gasteiger partial charge in [-0.1, -0.05) is 30.3 Å². The molecule has 0 aromatic heterocycles. The van der Waals surface area contributed by atoms with Gasteiger partial charge in [-0.25, -0.2) is 9.69 Å². The summed E-state index contributed by atoms with van der Waals surface area (Å²) in [6.45, 7) is -0.343. The average Bonchev–Trinajstić information content (AvgIpc) is 3.20. The Labute approximate surface area is 184 Å². The maximum absolute atomic E-state index is 13.3. The smallest absolute Gasteiger partial charge is 0.328 e. The van der Waals surface area contributed by atoms with Gasteiger partial charge in [-0.3, -0.25) is 29.6 Å². The summed E-state index contributed by atoms with van der Waals surface area (Å²) in [5.41, 5.74) is 1.49. The molecule has 3 heterocycles. The third-order valence-electron chi connectivity index (χ3n) is 5.76. The Morgan fingerprint density at radius 1 is 1.09 bits per heavy atom. The van der Waals surface area contributed by atoms with E-state index in [1.807, 2.05) is 35.2 Å². The molecule has 2 saturated heterocycles. The van der Waals surface area contributed by atoms with Crippen molar-refractivity contribution in [2.45, 2.75) is 18.5 Å². The summed E-state index contributed by atoms with van der Waals surface area (Å²) in [6.07, 6.45) is -1.30. The standard InChI is InChI=1S/C20H24N6O6/c1-23-17-16(18(29)25(20(23)30)10-14(27)31-2)24-9-13(12-7-5-4-6-8-12)22-26(19(24)21-17)11-15(28)32-3/h4-8,16-17,19,21H,9-11H2,1-3H3. The molecule has 3 aliphatic rings. The zero-order valence-corrected chi connectivity index (χ0v) is 17.9. The number of ether oxygens (including phenoxy) is 2. The molecule has 3 amide bonds. The van der Waals surface area contributed by atoms with Gasteiger partial charge in [-0.05, 0) is 5.56 Å². The fourth-order valence-corrected chi connectivity index (χ4v) is 4.13. The first kappa shape index (κ1) is 21.7. The fraction of sp³-hybridized carbons (Fsp3) is 0.450. The van der Waals surface area contributed by atoms with E-state index < -0.39 is 48.9 Å². The summed E-state index contributed by atoms with van der Waals surface area (Å²) >= 11 is 0. The molecule has 0 bridgehead atoms. The molecule has 0 aliphatic carbocycles. The van der Waals surface area contributed by atoms with Crippen LogP contribution in [0.1, 0.15) is 5.56 Å². The molecule has 0 saturated carbocycles. The lowest BCUT2D eigenvalue weighted by Crippen LogP contribution is -2.67. The van der Waals surface area contributed by atoms with Crippen LogP contribution in [0.25, 0.3) is 0 Å². The van der Waals surface area contributed by atoms with Crippen LogP contribution in [0.4, 0.5) is 4.79 Å². The molecule has 0 spiro atoms. The summed E-state index contributed by atoms with van der Waals surface area (Å²) in [5, 5.41) is 9.36. The number of fused-ring (bicyclic) bond motifs is 3. The molecule has 12 heteroatoms. The molecular formula is C20H24N6O6. The number of amides is 3. The predicted octanol–water partition coefficient (Wildman–Crippen LogP) is -1.17. The number of rotatable bonds is 5. The first-order valence-electron chi connectivity index (χ1n) is 9.99. The number of carbonyl (C=O) groups is 4. The predicted molar refractivity (Wildman–Crippen MR) is 110 cm³/mol. The largest absolute Gasteiger partial charge is 0.468 e.